The van der Waals surface area contributed by atoms with Crippen LogP contribution in [0, 0.1) is 5.82 Å². The Balaban J connectivity index is 1.73. The van der Waals surface area contributed by atoms with E-state index < -0.39 is 0 Å². The molecule has 0 saturated carbocycles. The average molecular weight is 269 g/mol. The predicted octanol–water partition coefficient (Wildman–Crippen LogP) is 3.41. The van der Waals surface area contributed by atoms with Crippen molar-refractivity contribution in [2.75, 3.05) is 12.0 Å². The SMILES string of the molecule is CC1(c2ccc(F)cc2)CN(Nc2ccccc2)C=N1. The first-order valence-corrected chi connectivity index (χ1v) is 6.55. The van der Waals surface area contributed by atoms with Crippen LogP contribution in [0.2, 0.25) is 0 Å². The molecule has 1 N–H and O–H groups in total. The summed E-state index contributed by atoms with van der Waals surface area (Å²) >= 11 is 0. The van der Waals surface area contributed by atoms with Crippen molar-refractivity contribution < 1.29 is 4.39 Å². The van der Waals surface area contributed by atoms with Gasteiger partial charge in [0.15, 0.2) is 0 Å². The molecule has 1 heterocycles. The van der Waals surface area contributed by atoms with Crippen molar-refractivity contribution in [1.82, 2.24) is 5.01 Å². The van der Waals surface area contributed by atoms with Gasteiger partial charge in [0.2, 0.25) is 0 Å². The average Bonchev–Trinajstić information content (AvgIpc) is 2.83. The number of benzene rings is 2. The first-order chi connectivity index (χ1) is 9.66. The fourth-order valence-corrected chi connectivity index (χ4v) is 2.33. The summed E-state index contributed by atoms with van der Waals surface area (Å²) in [6, 6.07) is 16.5. The van der Waals surface area contributed by atoms with E-state index in [1.54, 1.807) is 18.5 Å². The van der Waals surface area contributed by atoms with E-state index in [1.807, 2.05) is 42.3 Å². The third-order valence-electron chi connectivity index (χ3n) is 3.47. The quantitative estimate of drug-likeness (QED) is 0.924. The first-order valence-electron chi connectivity index (χ1n) is 6.55. The van der Waals surface area contributed by atoms with Gasteiger partial charge in [0.1, 0.15) is 17.7 Å². The van der Waals surface area contributed by atoms with E-state index in [4.69, 9.17) is 0 Å². The van der Waals surface area contributed by atoms with Gasteiger partial charge in [0.05, 0.1) is 12.2 Å². The molecule has 2 aromatic carbocycles. The minimum atomic E-state index is -0.352. The monoisotopic (exact) mass is 269 g/mol. The van der Waals surface area contributed by atoms with Crippen LogP contribution in [0.4, 0.5) is 10.1 Å². The second-order valence-corrected chi connectivity index (χ2v) is 5.13. The molecule has 1 aliphatic rings. The van der Waals surface area contributed by atoms with E-state index in [-0.39, 0.29) is 11.4 Å². The van der Waals surface area contributed by atoms with Crippen molar-refractivity contribution in [3.05, 3.63) is 66.0 Å². The maximum absolute atomic E-state index is 13.0. The molecule has 1 aliphatic heterocycles. The molecule has 4 heteroatoms. The molecule has 0 radical (unpaired) electrons. The summed E-state index contributed by atoms with van der Waals surface area (Å²) < 4.78 is 13.0. The highest BCUT2D eigenvalue weighted by Gasteiger charge is 2.32. The molecule has 0 aromatic heterocycles. The Morgan fingerprint density at radius 2 is 1.80 bits per heavy atom. The molecule has 0 aliphatic carbocycles. The Hall–Kier alpha value is -2.36. The van der Waals surface area contributed by atoms with Crippen LogP contribution in [0.5, 0.6) is 0 Å². The zero-order valence-electron chi connectivity index (χ0n) is 11.3. The fourth-order valence-electron chi connectivity index (χ4n) is 2.33. The topological polar surface area (TPSA) is 27.6 Å². The van der Waals surface area contributed by atoms with Gasteiger partial charge in [-0.15, -0.1) is 0 Å². The zero-order chi connectivity index (χ0) is 14.0. The number of anilines is 1. The lowest BCUT2D eigenvalue weighted by Gasteiger charge is -2.25. The maximum Gasteiger partial charge on any atom is 0.123 e. The van der Waals surface area contributed by atoms with E-state index in [9.17, 15) is 4.39 Å². The van der Waals surface area contributed by atoms with Crippen LogP contribution in [0.1, 0.15) is 12.5 Å². The third-order valence-corrected chi connectivity index (χ3v) is 3.47. The number of hydrazine groups is 1. The number of nitrogens with zero attached hydrogens (tertiary/aromatic N) is 2. The number of para-hydroxylation sites is 1. The molecule has 20 heavy (non-hydrogen) atoms. The van der Waals surface area contributed by atoms with E-state index in [1.165, 1.54) is 12.1 Å². The standard InChI is InChI=1S/C16H16FN3/c1-16(13-7-9-14(17)10-8-13)11-20(12-18-16)19-15-5-3-2-4-6-15/h2-10,12,19H,11H2,1H3. The highest BCUT2D eigenvalue weighted by molar-refractivity contribution is 5.63. The number of hydrogen-bond acceptors (Lipinski definition) is 3. The van der Waals surface area contributed by atoms with E-state index in [0.29, 0.717) is 6.54 Å². The minimum Gasteiger partial charge on any atom is -0.297 e. The van der Waals surface area contributed by atoms with Gasteiger partial charge >= 0.3 is 0 Å². The molecule has 3 rings (SSSR count). The number of nitrogens with one attached hydrogen (secondary N) is 1. The molecule has 1 atom stereocenters. The number of aliphatic imine (C=N–C) groups is 1. The van der Waals surface area contributed by atoms with Crippen LogP contribution in [-0.2, 0) is 5.54 Å². The molecule has 0 amide bonds. The number of halogens is 1. The van der Waals surface area contributed by atoms with Gasteiger partial charge in [-0.2, -0.15) is 0 Å². The first kappa shape index (κ1) is 12.7. The van der Waals surface area contributed by atoms with Crippen LogP contribution in [-0.4, -0.2) is 17.9 Å². The summed E-state index contributed by atoms with van der Waals surface area (Å²) in [6.45, 7) is 2.75. The van der Waals surface area contributed by atoms with Crippen molar-refractivity contribution in [2.24, 2.45) is 4.99 Å². The molecule has 3 nitrogen and oxygen atoms in total. The Morgan fingerprint density at radius 1 is 1.10 bits per heavy atom. The Kier molecular flexibility index (Phi) is 3.14. The van der Waals surface area contributed by atoms with Crippen molar-refractivity contribution in [2.45, 2.75) is 12.5 Å². The molecule has 0 saturated heterocycles. The van der Waals surface area contributed by atoms with E-state index in [2.05, 4.69) is 10.4 Å². The van der Waals surface area contributed by atoms with Crippen LogP contribution >= 0.6 is 0 Å². The normalized spacial score (nSPS) is 21.2. The summed E-state index contributed by atoms with van der Waals surface area (Å²) in [5.41, 5.74) is 4.96. The molecule has 0 fully saturated rings. The fraction of sp³-hybridized carbons (Fsp3) is 0.188. The van der Waals surface area contributed by atoms with Gasteiger partial charge in [0, 0.05) is 0 Å². The summed E-state index contributed by atoms with van der Waals surface area (Å²) in [5, 5.41) is 1.94. The maximum atomic E-state index is 13.0. The van der Waals surface area contributed by atoms with Gasteiger partial charge in [0.25, 0.3) is 0 Å². The van der Waals surface area contributed by atoms with Crippen molar-refractivity contribution in [3.8, 4) is 0 Å². The summed E-state index contributed by atoms with van der Waals surface area (Å²) in [7, 11) is 0. The van der Waals surface area contributed by atoms with Crippen molar-refractivity contribution >= 4 is 12.0 Å². The zero-order valence-corrected chi connectivity index (χ0v) is 11.3. The van der Waals surface area contributed by atoms with Gasteiger partial charge < -0.3 is 0 Å². The van der Waals surface area contributed by atoms with Gasteiger partial charge in [-0.1, -0.05) is 30.3 Å². The van der Waals surface area contributed by atoms with Gasteiger partial charge in [-0.25, -0.2) is 4.39 Å². The van der Waals surface area contributed by atoms with Gasteiger partial charge in [-0.3, -0.25) is 15.4 Å². The van der Waals surface area contributed by atoms with E-state index >= 15 is 0 Å². The molecule has 2 aromatic rings. The Bertz CT molecular complexity index is 609. The third kappa shape index (κ3) is 2.50. The summed E-state index contributed by atoms with van der Waals surface area (Å²) in [4.78, 5) is 4.56. The summed E-state index contributed by atoms with van der Waals surface area (Å²) in [5.74, 6) is -0.224. The molecule has 102 valence electrons. The highest BCUT2D eigenvalue weighted by atomic mass is 19.1. The largest absolute Gasteiger partial charge is 0.297 e. The highest BCUT2D eigenvalue weighted by Crippen LogP contribution is 2.30. The molecule has 0 bridgehead atoms. The lowest BCUT2D eigenvalue weighted by atomic mass is 9.93. The predicted molar refractivity (Wildman–Crippen MR) is 79.0 cm³/mol. The second-order valence-electron chi connectivity index (χ2n) is 5.13. The molecular formula is C16H16FN3. The molecule has 1 unspecified atom stereocenters. The number of hydrogen-bond donors (Lipinski definition) is 1. The molecule has 0 spiro atoms. The Labute approximate surface area is 117 Å². The smallest absolute Gasteiger partial charge is 0.123 e. The number of rotatable bonds is 3. The second kappa shape index (κ2) is 4.96. The van der Waals surface area contributed by atoms with Crippen LogP contribution in [0.3, 0.4) is 0 Å². The lowest BCUT2D eigenvalue weighted by Crippen LogP contribution is -2.33. The van der Waals surface area contributed by atoms with Crippen LogP contribution in [0.25, 0.3) is 0 Å². The summed E-state index contributed by atoms with van der Waals surface area (Å²) in [6.07, 6.45) is 1.79. The van der Waals surface area contributed by atoms with Crippen molar-refractivity contribution in [3.63, 3.8) is 0 Å². The lowest BCUT2D eigenvalue weighted by molar-refractivity contribution is 0.409. The minimum absolute atomic E-state index is 0.224. The van der Waals surface area contributed by atoms with Gasteiger partial charge in [-0.05, 0) is 36.8 Å². The molecular weight excluding hydrogens is 253 g/mol. The van der Waals surface area contributed by atoms with Crippen molar-refractivity contribution in [1.29, 1.82) is 0 Å². The van der Waals surface area contributed by atoms with Crippen LogP contribution < -0.4 is 5.43 Å². The van der Waals surface area contributed by atoms with Crippen LogP contribution in [0.15, 0.2) is 59.6 Å². The van der Waals surface area contributed by atoms with E-state index in [0.717, 1.165) is 11.3 Å². The Morgan fingerprint density at radius 3 is 2.50 bits per heavy atom.